The third-order valence-corrected chi connectivity index (χ3v) is 4.80. The molecule has 3 aromatic carbocycles. The maximum Gasteiger partial charge on any atom is 0.422 e. The summed E-state index contributed by atoms with van der Waals surface area (Å²) in [7, 11) is 0. The molecule has 0 amide bonds. The topological polar surface area (TPSA) is 9.23 Å². The van der Waals surface area contributed by atoms with Crippen LogP contribution < -0.4 is 4.74 Å². The Bertz CT molecular complexity index is 1040. The SMILES string of the molecule is CCCCc1ccc(-c2ccc(-c3ccc(OCC(F)(F)F)c(F)c3F)cc2F)cc1. The first-order valence-electron chi connectivity index (χ1n) is 9.76. The molecule has 3 aromatic rings. The summed E-state index contributed by atoms with van der Waals surface area (Å²) >= 11 is 0. The van der Waals surface area contributed by atoms with Crippen LogP contribution in [0.25, 0.3) is 22.3 Å². The average Bonchev–Trinajstić information content (AvgIpc) is 2.73. The third kappa shape index (κ3) is 5.60. The summed E-state index contributed by atoms with van der Waals surface area (Å²) in [4.78, 5) is 0. The molecule has 0 heterocycles. The number of hydrogen-bond donors (Lipinski definition) is 0. The number of halogens is 6. The van der Waals surface area contributed by atoms with Crippen molar-refractivity contribution in [1.82, 2.24) is 0 Å². The fourth-order valence-electron chi connectivity index (χ4n) is 3.17. The van der Waals surface area contributed by atoms with Crippen molar-refractivity contribution < 1.29 is 31.1 Å². The van der Waals surface area contributed by atoms with E-state index in [9.17, 15) is 26.3 Å². The molecule has 3 rings (SSSR count). The Balaban J connectivity index is 1.85. The van der Waals surface area contributed by atoms with E-state index in [-0.39, 0.29) is 11.1 Å². The van der Waals surface area contributed by atoms with E-state index in [1.54, 1.807) is 12.1 Å². The van der Waals surface area contributed by atoms with Gasteiger partial charge in [-0.1, -0.05) is 49.7 Å². The van der Waals surface area contributed by atoms with E-state index in [2.05, 4.69) is 11.7 Å². The zero-order valence-electron chi connectivity index (χ0n) is 16.7. The number of alkyl halides is 3. The van der Waals surface area contributed by atoms with Crippen LogP contribution in [0.3, 0.4) is 0 Å². The molecule has 0 bridgehead atoms. The lowest BCUT2D eigenvalue weighted by molar-refractivity contribution is -0.153. The van der Waals surface area contributed by atoms with Gasteiger partial charge in [0.25, 0.3) is 0 Å². The molecule has 0 radical (unpaired) electrons. The van der Waals surface area contributed by atoms with Crippen molar-refractivity contribution in [3.05, 3.63) is 77.6 Å². The van der Waals surface area contributed by atoms with E-state index in [1.165, 1.54) is 12.1 Å². The second kappa shape index (κ2) is 9.45. The summed E-state index contributed by atoms with van der Waals surface area (Å²) in [5.74, 6) is -4.46. The van der Waals surface area contributed by atoms with Crippen LogP contribution in [0.15, 0.2) is 54.6 Å². The molecule has 0 spiro atoms. The Morgan fingerprint density at radius 1 is 0.774 bits per heavy atom. The largest absolute Gasteiger partial charge is 0.481 e. The van der Waals surface area contributed by atoms with Crippen molar-refractivity contribution in [2.24, 2.45) is 0 Å². The quantitative estimate of drug-likeness (QED) is 0.343. The Morgan fingerprint density at radius 2 is 1.42 bits per heavy atom. The number of hydrogen-bond acceptors (Lipinski definition) is 1. The van der Waals surface area contributed by atoms with Crippen molar-refractivity contribution in [1.29, 1.82) is 0 Å². The monoisotopic (exact) mass is 438 g/mol. The molecule has 0 aliphatic carbocycles. The van der Waals surface area contributed by atoms with Gasteiger partial charge in [-0.25, -0.2) is 8.78 Å². The van der Waals surface area contributed by atoms with Gasteiger partial charge in [0.15, 0.2) is 18.2 Å². The van der Waals surface area contributed by atoms with Gasteiger partial charge >= 0.3 is 6.18 Å². The van der Waals surface area contributed by atoms with Gasteiger partial charge in [-0.2, -0.15) is 17.6 Å². The van der Waals surface area contributed by atoms with E-state index in [4.69, 9.17) is 0 Å². The summed E-state index contributed by atoms with van der Waals surface area (Å²) < 4.78 is 84.3. The molecule has 164 valence electrons. The Labute approximate surface area is 176 Å². The lowest BCUT2D eigenvalue weighted by Gasteiger charge is -2.13. The van der Waals surface area contributed by atoms with E-state index in [0.29, 0.717) is 11.1 Å². The fraction of sp³-hybridized carbons (Fsp3) is 0.250. The Kier molecular flexibility index (Phi) is 6.93. The molecular weight excluding hydrogens is 418 g/mol. The molecule has 0 aliphatic rings. The van der Waals surface area contributed by atoms with Crippen LogP contribution in [0, 0.1) is 17.5 Å². The predicted octanol–water partition coefficient (Wildman–Crippen LogP) is 7.72. The lowest BCUT2D eigenvalue weighted by Crippen LogP contribution is -2.19. The smallest absolute Gasteiger partial charge is 0.422 e. The molecule has 0 unspecified atom stereocenters. The van der Waals surface area contributed by atoms with Crippen molar-refractivity contribution in [2.45, 2.75) is 32.4 Å². The zero-order valence-corrected chi connectivity index (χ0v) is 16.7. The zero-order chi connectivity index (χ0) is 22.6. The van der Waals surface area contributed by atoms with Crippen molar-refractivity contribution >= 4 is 0 Å². The number of benzene rings is 3. The van der Waals surface area contributed by atoms with E-state index >= 15 is 0 Å². The molecule has 0 atom stereocenters. The number of rotatable bonds is 7. The summed E-state index contributed by atoms with van der Waals surface area (Å²) in [5, 5.41) is 0. The minimum Gasteiger partial charge on any atom is -0.481 e. The molecule has 7 heteroatoms. The molecular formula is C24H20F6O. The van der Waals surface area contributed by atoms with E-state index in [0.717, 1.165) is 43.0 Å². The lowest BCUT2D eigenvalue weighted by atomic mass is 9.97. The van der Waals surface area contributed by atoms with Crippen LogP contribution in [0.5, 0.6) is 5.75 Å². The van der Waals surface area contributed by atoms with E-state index in [1.807, 2.05) is 12.1 Å². The van der Waals surface area contributed by atoms with Gasteiger partial charge in [0.2, 0.25) is 5.82 Å². The Hall–Kier alpha value is -2.96. The molecule has 0 aliphatic heterocycles. The second-order valence-electron chi connectivity index (χ2n) is 7.14. The normalized spacial score (nSPS) is 11.6. The molecule has 0 fully saturated rings. The van der Waals surface area contributed by atoms with Crippen LogP contribution in [-0.4, -0.2) is 12.8 Å². The molecule has 0 saturated heterocycles. The van der Waals surface area contributed by atoms with Crippen LogP contribution in [0.1, 0.15) is 25.3 Å². The van der Waals surface area contributed by atoms with Crippen LogP contribution in [0.2, 0.25) is 0 Å². The summed E-state index contributed by atoms with van der Waals surface area (Å²) in [6, 6.07) is 13.3. The van der Waals surface area contributed by atoms with Gasteiger partial charge in [-0.3, -0.25) is 0 Å². The highest BCUT2D eigenvalue weighted by molar-refractivity contribution is 5.72. The van der Waals surface area contributed by atoms with Crippen LogP contribution in [-0.2, 0) is 6.42 Å². The minimum absolute atomic E-state index is 0.0552. The first-order chi connectivity index (χ1) is 14.7. The molecule has 31 heavy (non-hydrogen) atoms. The summed E-state index contributed by atoms with van der Waals surface area (Å²) in [5.41, 5.74) is 1.87. The minimum atomic E-state index is -4.69. The third-order valence-electron chi connectivity index (χ3n) is 4.80. The summed E-state index contributed by atoms with van der Waals surface area (Å²) in [6.45, 7) is 0.354. The fourth-order valence-corrected chi connectivity index (χ4v) is 3.17. The van der Waals surface area contributed by atoms with Gasteiger partial charge in [-0.05, 0) is 47.7 Å². The highest BCUT2D eigenvalue weighted by Crippen LogP contribution is 2.33. The maximum atomic E-state index is 14.7. The van der Waals surface area contributed by atoms with Crippen molar-refractivity contribution in [3.8, 4) is 28.0 Å². The molecule has 1 nitrogen and oxygen atoms in total. The van der Waals surface area contributed by atoms with Gasteiger partial charge in [0.1, 0.15) is 5.82 Å². The molecule has 0 saturated carbocycles. The average molecular weight is 438 g/mol. The van der Waals surface area contributed by atoms with E-state index < -0.39 is 36.0 Å². The first kappa shape index (κ1) is 22.7. The van der Waals surface area contributed by atoms with Crippen LogP contribution >= 0.6 is 0 Å². The van der Waals surface area contributed by atoms with Gasteiger partial charge in [0, 0.05) is 11.1 Å². The molecule has 0 aromatic heterocycles. The predicted molar refractivity (Wildman–Crippen MR) is 107 cm³/mol. The molecule has 0 N–H and O–H groups in total. The van der Waals surface area contributed by atoms with Crippen molar-refractivity contribution in [3.63, 3.8) is 0 Å². The van der Waals surface area contributed by atoms with Crippen LogP contribution in [0.4, 0.5) is 26.3 Å². The van der Waals surface area contributed by atoms with Gasteiger partial charge in [0.05, 0.1) is 0 Å². The van der Waals surface area contributed by atoms with Crippen molar-refractivity contribution in [2.75, 3.05) is 6.61 Å². The Morgan fingerprint density at radius 3 is 2.03 bits per heavy atom. The summed E-state index contributed by atoms with van der Waals surface area (Å²) in [6.07, 6.45) is -1.62. The van der Waals surface area contributed by atoms with Gasteiger partial charge < -0.3 is 4.74 Å². The first-order valence-corrected chi connectivity index (χ1v) is 9.76. The number of ether oxygens (including phenoxy) is 1. The highest BCUT2D eigenvalue weighted by atomic mass is 19.4. The maximum absolute atomic E-state index is 14.7. The second-order valence-corrected chi connectivity index (χ2v) is 7.14. The number of aryl methyl sites for hydroxylation is 1. The number of unbranched alkanes of at least 4 members (excludes halogenated alkanes) is 1. The highest BCUT2D eigenvalue weighted by Gasteiger charge is 2.29. The standard InChI is InChI=1S/C24H20F6O/c1-2-3-4-15-5-7-16(8-6-15)18-10-9-17(13-20(18)25)19-11-12-21(23(27)22(19)26)31-14-24(28,29)30/h5-13H,2-4,14H2,1H3. The van der Waals surface area contributed by atoms with Gasteiger partial charge in [-0.15, -0.1) is 0 Å².